The Morgan fingerprint density at radius 2 is 2.33 bits per heavy atom. The molecule has 1 N–H and O–H groups in total. The van der Waals surface area contributed by atoms with Crippen molar-refractivity contribution in [3.05, 3.63) is 16.1 Å². The molecule has 0 spiro atoms. The van der Waals surface area contributed by atoms with E-state index < -0.39 is 0 Å². The number of hydrogen-bond acceptors (Lipinski definition) is 3. The normalized spacial score (nSPS) is 18.4. The predicted octanol–water partition coefficient (Wildman–Crippen LogP) is 3.46. The van der Waals surface area contributed by atoms with Crippen molar-refractivity contribution in [3.63, 3.8) is 0 Å². The molecule has 18 heavy (non-hydrogen) atoms. The third-order valence-electron chi connectivity index (χ3n) is 3.46. The Balaban J connectivity index is 2.01. The lowest BCUT2D eigenvalue weighted by Gasteiger charge is -2.18. The van der Waals surface area contributed by atoms with Crippen LogP contribution < -0.4 is 5.32 Å². The van der Waals surface area contributed by atoms with Crippen LogP contribution in [-0.4, -0.2) is 10.9 Å². The van der Waals surface area contributed by atoms with E-state index in [9.17, 15) is 4.79 Å². The highest BCUT2D eigenvalue weighted by atomic mass is 32.1. The van der Waals surface area contributed by atoms with Crippen molar-refractivity contribution in [2.75, 3.05) is 0 Å². The van der Waals surface area contributed by atoms with E-state index in [1.54, 1.807) is 11.3 Å². The molecular formula is C14H22N2OS. The smallest absolute Gasteiger partial charge is 0.223 e. The Labute approximate surface area is 113 Å². The quantitative estimate of drug-likeness (QED) is 0.857. The maximum atomic E-state index is 12.1. The van der Waals surface area contributed by atoms with Gasteiger partial charge in [-0.3, -0.25) is 4.79 Å². The molecule has 100 valence electrons. The number of thiazole rings is 1. The van der Waals surface area contributed by atoms with Crippen molar-refractivity contribution in [2.45, 2.75) is 52.5 Å². The fourth-order valence-corrected chi connectivity index (χ4v) is 3.12. The zero-order chi connectivity index (χ0) is 13.1. The summed E-state index contributed by atoms with van der Waals surface area (Å²) in [5, 5.41) is 6.34. The topological polar surface area (TPSA) is 42.0 Å². The number of amides is 1. The SMILES string of the molecule is CCC[C@@H](C)C(=O)N[C@@H](c1nc(C)cs1)C1CC1. The van der Waals surface area contributed by atoms with Crippen LogP contribution in [0.15, 0.2) is 5.38 Å². The zero-order valence-corrected chi connectivity index (χ0v) is 12.2. The lowest BCUT2D eigenvalue weighted by Crippen LogP contribution is -2.34. The Morgan fingerprint density at radius 1 is 1.61 bits per heavy atom. The summed E-state index contributed by atoms with van der Waals surface area (Å²) in [5.74, 6) is 0.896. The monoisotopic (exact) mass is 266 g/mol. The summed E-state index contributed by atoms with van der Waals surface area (Å²) in [6.07, 6.45) is 4.44. The van der Waals surface area contributed by atoms with Gasteiger partial charge in [0.15, 0.2) is 0 Å². The van der Waals surface area contributed by atoms with Gasteiger partial charge in [0, 0.05) is 17.0 Å². The molecule has 0 saturated heterocycles. The van der Waals surface area contributed by atoms with E-state index in [1.165, 1.54) is 12.8 Å². The molecule has 0 aromatic carbocycles. The maximum Gasteiger partial charge on any atom is 0.223 e. The number of aryl methyl sites for hydroxylation is 1. The van der Waals surface area contributed by atoms with Crippen LogP contribution in [0.4, 0.5) is 0 Å². The fourth-order valence-electron chi connectivity index (χ4n) is 2.19. The van der Waals surface area contributed by atoms with E-state index >= 15 is 0 Å². The number of carbonyl (C=O) groups is 1. The summed E-state index contributed by atoms with van der Waals surface area (Å²) in [5.41, 5.74) is 1.05. The summed E-state index contributed by atoms with van der Waals surface area (Å²) < 4.78 is 0. The third kappa shape index (κ3) is 3.31. The van der Waals surface area contributed by atoms with Gasteiger partial charge in [-0.1, -0.05) is 20.3 Å². The minimum atomic E-state index is 0.109. The molecule has 1 fully saturated rings. The predicted molar refractivity (Wildman–Crippen MR) is 74.5 cm³/mol. The van der Waals surface area contributed by atoms with Gasteiger partial charge in [0.05, 0.1) is 6.04 Å². The molecule has 1 amide bonds. The molecule has 2 atom stereocenters. The summed E-state index contributed by atoms with van der Waals surface area (Å²) in [7, 11) is 0. The Hall–Kier alpha value is -0.900. The Morgan fingerprint density at radius 3 is 2.83 bits per heavy atom. The first-order valence-corrected chi connectivity index (χ1v) is 7.72. The molecule has 0 radical (unpaired) electrons. The summed E-state index contributed by atoms with van der Waals surface area (Å²) in [4.78, 5) is 16.7. The third-order valence-corrected chi connectivity index (χ3v) is 4.51. The van der Waals surface area contributed by atoms with Gasteiger partial charge in [0.1, 0.15) is 5.01 Å². The lowest BCUT2D eigenvalue weighted by atomic mass is 10.0. The van der Waals surface area contributed by atoms with Crippen molar-refractivity contribution >= 4 is 17.2 Å². The van der Waals surface area contributed by atoms with Crippen molar-refractivity contribution in [3.8, 4) is 0 Å². The van der Waals surface area contributed by atoms with Crippen LogP contribution in [-0.2, 0) is 4.79 Å². The van der Waals surface area contributed by atoms with Crippen LogP contribution >= 0.6 is 11.3 Å². The van der Waals surface area contributed by atoms with Crippen molar-refractivity contribution < 1.29 is 4.79 Å². The zero-order valence-electron chi connectivity index (χ0n) is 11.4. The second kappa shape index (κ2) is 5.83. The molecule has 1 aromatic heterocycles. The number of nitrogens with zero attached hydrogens (tertiary/aromatic N) is 1. The van der Waals surface area contributed by atoms with Crippen LogP contribution in [0.3, 0.4) is 0 Å². The van der Waals surface area contributed by atoms with Crippen LogP contribution in [0.25, 0.3) is 0 Å². The fraction of sp³-hybridized carbons (Fsp3) is 0.714. The van der Waals surface area contributed by atoms with Gasteiger partial charge >= 0.3 is 0 Å². The molecule has 0 aliphatic heterocycles. The van der Waals surface area contributed by atoms with Gasteiger partial charge in [-0.15, -0.1) is 11.3 Å². The van der Waals surface area contributed by atoms with Crippen LogP contribution in [0.5, 0.6) is 0 Å². The highest BCUT2D eigenvalue weighted by Crippen LogP contribution is 2.42. The Kier molecular flexibility index (Phi) is 4.38. The number of rotatable bonds is 6. The summed E-state index contributed by atoms with van der Waals surface area (Å²) in [6.45, 7) is 6.13. The van der Waals surface area contributed by atoms with E-state index in [1.807, 2.05) is 13.8 Å². The van der Waals surface area contributed by atoms with E-state index in [0.29, 0.717) is 5.92 Å². The standard InChI is InChI=1S/C14H22N2OS/c1-4-5-9(2)13(17)16-12(11-6-7-11)14-15-10(3)8-18-14/h8-9,11-12H,4-7H2,1-3H3,(H,16,17)/t9-,12-/m1/s1. The molecule has 1 saturated carbocycles. The van der Waals surface area contributed by atoms with E-state index in [2.05, 4.69) is 22.6 Å². The van der Waals surface area contributed by atoms with Gasteiger partial charge in [-0.05, 0) is 32.1 Å². The molecule has 2 rings (SSSR count). The average molecular weight is 266 g/mol. The molecule has 0 unspecified atom stereocenters. The van der Waals surface area contributed by atoms with Gasteiger partial charge in [0.25, 0.3) is 0 Å². The molecule has 0 bridgehead atoms. The van der Waals surface area contributed by atoms with Crippen LogP contribution in [0.2, 0.25) is 0 Å². The first-order valence-electron chi connectivity index (χ1n) is 6.84. The molecule has 1 aliphatic rings. The molecule has 4 heteroatoms. The minimum absolute atomic E-state index is 0.109. The van der Waals surface area contributed by atoms with Crippen molar-refractivity contribution in [1.29, 1.82) is 0 Å². The van der Waals surface area contributed by atoms with E-state index in [0.717, 1.165) is 23.5 Å². The molecule has 3 nitrogen and oxygen atoms in total. The van der Waals surface area contributed by atoms with Crippen LogP contribution in [0, 0.1) is 18.8 Å². The van der Waals surface area contributed by atoms with E-state index in [4.69, 9.17) is 0 Å². The molecule has 1 aromatic rings. The highest BCUT2D eigenvalue weighted by Gasteiger charge is 2.35. The molecule has 1 aliphatic carbocycles. The van der Waals surface area contributed by atoms with Crippen LogP contribution in [0.1, 0.15) is 56.3 Å². The first-order chi connectivity index (χ1) is 8.61. The first kappa shape index (κ1) is 13.5. The second-order valence-electron chi connectivity index (χ2n) is 5.34. The van der Waals surface area contributed by atoms with Gasteiger partial charge in [-0.2, -0.15) is 0 Å². The second-order valence-corrected chi connectivity index (χ2v) is 6.23. The van der Waals surface area contributed by atoms with Gasteiger partial charge in [0.2, 0.25) is 5.91 Å². The summed E-state index contributed by atoms with van der Waals surface area (Å²) >= 11 is 1.67. The maximum absolute atomic E-state index is 12.1. The van der Waals surface area contributed by atoms with Crippen molar-refractivity contribution in [2.24, 2.45) is 11.8 Å². The number of hydrogen-bond donors (Lipinski definition) is 1. The lowest BCUT2D eigenvalue weighted by molar-refractivity contribution is -0.125. The average Bonchev–Trinajstić information content (AvgIpc) is 3.08. The van der Waals surface area contributed by atoms with E-state index in [-0.39, 0.29) is 17.9 Å². The number of nitrogens with one attached hydrogen (secondary N) is 1. The largest absolute Gasteiger partial charge is 0.346 e. The minimum Gasteiger partial charge on any atom is -0.346 e. The van der Waals surface area contributed by atoms with Gasteiger partial charge < -0.3 is 5.32 Å². The molecule has 1 heterocycles. The molecular weight excluding hydrogens is 244 g/mol. The Bertz CT molecular complexity index is 412. The van der Waals surface area contributed by atoms with Gasteiger partial charge in [-0.25, -0.2) is 4.98 Å². The number of carbonyl (C=O) groups excluding carboxylic acids is 1. The summed E-state index contributed by atoms with van der Waals surface area (Å²) in [6, 6.07) is 0.149. The van der Waals surface area contributed by atoms with Crippen molar-refractivity contribution in [1.82, 2.24) is 10.3 Å². The highest BCUT2D eigenvalue weighted by molar-refractivity contribution is 7.09. The number of aromatic nitrogens is 1.